The van der Waals surface area contributed by atoms with Gasteiger partial charge in [-0.1, -0.05) is 18.2 Å². The molecule has 26 heavy (non-hydrogen) atoms. The minimum atomic E-state index is -0.390. The van der Waals surface area contributed by atoms with Gasteiger partial charge in [-0.15, -0.1) is 0 Å². The van der Waals surface area contributed by atoms with Crippen LogP contribution in [-0.4, -0.2) is 50.1 Å². The van der Waals surface area contributed by atoms with Crippen LogP contribution in [-0.2, 0) is 14.3 Å². The fourth-order valence-corrected chi connectivity index (χ4v) is 4.02. The lowest BCUT2D eigenvalue weighted by atomic mass is 9.91. The molecule has 0 aromatic heterocycles. The van der Waals surface area contributed by atoms with E-state index in [4.69, 9.17) is 9.47 Å². The van der Waals surface area contributed by atoms with Crippen molar-refractivity contribution in [2.24, 2.45) is 11.8 Å². The number of para-hydroxylation sites is 1. The number of hydrogen-bond donors (Lipinski definition) is 1. The number of rotatable bonds is 6. The van der Waals surface area contributed by atoms with E-state index in [2.05, 4.69) is 5.32 Å². The van der Waals surface area contributed by atoms with Crippen LogP contribution in [0.1, 0.15) is 37.8 Å². The van der Waals surface area contributed by atoms with Crippen LogP contribution < -0.4 is 10.1 Å². The predicted molar refractivity (Wildman–Crippen MR) is 97.8 cm³/mol. The number of nitrogens with one attached hydrogen (secondary N) is 1. The van der Waals surface area contributed by atoms with E-state index in [-0.39, 0.29) is 24.3 Å². The topological polar surface area (TPSA) is 67.9 Å². The van der Waals surface area contributed by atoms with E-state index in [0.717, 1.165) is 31.6 Å². The normalized spacial score (nSPS) is 23.9. The third-order valence-corrected chi connectivity index (χ3v) is 5.47. The number of amides is 2. The number of methoxy groups -OCH3 is 1. The predicted octanol–water partition coefficient (Wildman–Crippen LogP) is 2.15. The van der Waals surface area contributed by atoms with Gasteiger partial charge in [0.25, 0.3) is 0 Å². The lowest BCUT2D eigenvalue weighted by Gasteiger charge is -2.29. The second-order valence-electron chi connectivity index (χ2n) is 6.98. The maximum Gasteiger partial charge on any atom is 0.226 e. The van der Waals surface area contributed by atoms with Crippen LogP contribution in [0.15, 0.2) is 24.3 Å². The van der Waals surface area contributed by atoms with Crippen LogP contribution in [0.2, 0.25) is 0 Å². The lowest BCUT2D eigenvalue weighted by molar-refractivity contribution is -0.129. The summed E-state index contributed by atoms with van der Waals surface area (Å²) >= 11 is 0. The molecular weight excluding hydrogens is 332 g/mol. The first kappa shape index (κ1) is 18.7. The smallest absolute Gasteiger partial charge is 0.226 e. The Kier molecular flexibility index (Phi) is 6.14. The van der Waals surface area contributed by atoms with E-state index in [9.17, 15) is 9.59 Å². The molecular formula is C20H28N2O4. The summed E-state index contributed by atoms with van der Waals surface area (Å²) in [5, 5.41) is 3.08. The van der Waals surface area contributed by atoms with Crippen molar-refractivity contribution in [2.75, 3.05) is 33.4 Å². The van der Waals surface area contributed by atoms with Crippen LogP contribution in [0.3, 0.4) is 0 Å². The van der Waals surface area contributed by atoms with E-state index >= 15 is 0 Å². The second kappa shape index (κ2) is 8.54. The maximum atomic E-state index is 12.9. The quantitative estimate of drug-likeness (QED) is 0.844. The third kappa shape index (κ3) is 3.85. The van der Waals surface area contributed by atoms with E-state index in [0.29, 0.717) is 24.8 Å². The van der Waals surface area contributed by atoms with Crippen LogP contribution in [0.25, 0.3) is 0 Å². The highest BCUT2D eigenvalue weighted by atomic mass is 16.5. The molecule has 0 aliphatic carbocycles. The largest absolute Gasteiger partial charge is 0.496 e. The van der Waals surface area contributed by atoms with Gasteiger partial charge >= 0.3 is 0 Å². The van der Waals surface area contributed by atoms with Gasteiger partial charge in [-0.25, -0.2) is 0 Å². The van der Waals surface area contributed by atoms with Gasteiger partial charge in [0.15, 0.2) is 0 Å². The first-order valence-corrected chi connectivity index (χ1v) is 9.43. The summed E-state index contributed by atoms with van der Waals surface area (Å²) in [6.07, 6.45) is 2.19. The zero-order chi connectivity index (χ0) is 18.5. The zero-order valence-electron chi connectivity index (χ0n) is 15.6. The summed E-state index contributed by atoms with van der Waals surface area (Å²) in [4.78, 5) is 27.2. The van der Waals surface area contributed by atoms with Crippen LogP contribution in [0.4, 0.5) is 0 Å². The molecule has 1 aromatic rings. The summed E-state index contributed by atoms with van der Waals surface area (Å²) in [6, 6.07) is 7.37. The fourth-order valence-electron chi connectivity index (χ4n) is 4.02. The molecule has 6 nitrogen and oxygen atoms in total. The molecule has 0 spiro atoms. The third-order valence-electron chi connectivity index (χ3n) is 5.47. The average Bonchev–Trinajstić information content (AvgIpc) is 3.03. The zero-order valence-corrected chi connectivity index (χ0v) is 15.6. The second-order valence-corrected chi connectivity index (χ2v) is 6.98. The Balaban J connectivity index is 1.77. The molecule has 2 atom stereocenters. The van der Waals surface area contributed by atoms with Gasteiger partial charge in [-0.2, -0.15) is 0 Å². The molecule has 2 aliphatic rings. The first-order valence-electron chi connectivity index (χ1n) is 9.43. The monoisotopic (exact) mass is 360 g/mol. The maximum absolute atomic E-state index is 12.9. The highest BCUT2D eigenvalue weighted by molar-refractivity contribution is 5.90. The Bertz CT molecular complexity index is 642. The molecule has 142 valence electrons. The van der Waals surface area contributed by atoms with Crippen molar-refractivity contribution in [3.05, 3.63) is 29.8 Å². The number of carbonyl (C=O) groups excluding carboxylic acids is 2. The molecule has 0 bridgehead atoms. The molecule has 2 fully saturated rings. The van der Waals surface area contributed by atoms with E-state index in [1.54, 1.807) is 12.0 Å². The number of carbonyl (C=O) groups is 2. The van der Waals surface area contributed by atoms with Gasteiger partial charge in [-0.05, 0) is 31.7 Å². The highest BCUT2D eigenvalue weighted by Gasteiger charge is 2.44. The van der Waals surface area contributed by atoms with Crippen molar-refractivity contribution in [3.63, 3.8) is 0 Å². The van der Waals surface area contributed by atoms with Crippen LogP contribution in [0, 0.1) is 11.8 Å². The van der Waals surface area contributed by atoms with Gasteiger partial charge in [0.1, 0.15) is 5.75 Å². The van der Waals surface area contributed by atoms with Crippen molar-refractivity contribution in [1.29, 1.82) is 0 Å². The number of nitrogens with zero attached hydrogens (tertiary/aromatic N) is 1. The summed E-state index contributed by atoms with van der Waals surface area (Å²) < 4.78 is 10.9. The Hall–Kier alpha value is -2.08. The van der Waals surface area contributed by atoms with Gasteiger partial charge in [0.2, 0.25) is 11.8 Å². The van der Waals surface area contributed by atoms with E-state index < -0.39 is 5.92 Å². The Morgan fingerprint density at radius 2 is 2.04 bits per heavy atom. The molecule has 0 radical (unpaired) electrons. The van der Waals surface area contributed by atoms with Crippen LogP contribution in [0.5, 0.6) is 5.75 Å². The van der Waals surface area contributed by atoms with Crippen molar-refractivity contribution < 1.29 is 19.1 Å². The minimum absolute atomic E-state index is 0.0228. The molecule has 2 heterocycles. The summed E-state index contributed by atoms with van der Waals surface area (Å²) in [5.74, 6) is 0.759. The summed E-state index contributed by atoms with van der Waals surface area (Å²) in [5.41, 5.74) is 0.897. The van der Waals surface area contributed by atoms with Crippen molar-refractivity contribution in [2.45, 2.75) is 32.2 Å². The van der Waals surface area contributed by atoms with Crippen molar-refractivity contribution >= 4 is 11.8 Å². The molecule has 3 rings (SSSR count). The van der Waals surface area contributed by atoms with E-state index in [1.807, 2.05) is 31.2 Å². The Labute approximate surface area is 154 Å². The van der Waals surface area contributed by atoms with Gasteiger partial charge in [-0.3, -0.25) is 9.59 Å². The summed E-state index contributed by atoms with van der Waals surface area (Å²) in [7, 11) is 1.62. The van der Waals surface area contributed by atoms with E-state index in [1.165, 1.54) is 0 Å². The number of ether oxygens (including phenoxy) is 2. The highest BCUT2D eigenvalue weighted by Crippen LogP contribution is 2.41. The summed E-state index contributed by atoms with van der Waals surface area (Å²) in [6.45, 7) is 4.69. The Morgan fingerprint density at radius 1 is 1.31 bits per heavy atom. The Morgan fingerprint density at radius 3 is 2.73 bits per heavy atom. The number of likely N-dealkylation sites (tertiary alicyclic amines) is 1. The standard InChI is InChI=1S/C20H28N2O4/c1-3-22-18(23)12-16(19(22)15-6-4-5-7-17(15)25-2)20(24)21-13-14-8-10-26-11-9-14/h4-7,14,16,19H,3,8-13H2,1-2H3,(H,21,24)/t16-,19+/m1/s1. The molecule has 1 aromatic carbocycles. The minimum Gasteiger partial charge on any atom is -0.496 e. The average molecular weight is 360 g/mol. The van der Waals surface area contributed by atoms with Crippen LogP contribution >= 0.6 is 0 Å². The molecule has 2 amide bonds. The molecule has 2 saturated heterocycles. The SMILES string of the molecule is CCN1C(=O)C[C@@H](C(=O)NCC2CCOCC2)[C@@H]1c1ccccc1OC. The van der Waals surface area contributed by atoms with Gasteiger partial charge < -0.3 is 19.7 Å². The molecule has 0 unspecified atom stereocenters. The molecule has 2 aliphatic heterocycles. The lowest BCUT2D eigenvalue weighted by Crippen LogP contribution is -2.38. The number of hydrogen-bond acceptors (Lipinski definition) is 4. The molecule has 0 saturated carbocycles. The van der Waals surface area contributed by atoms with Crippen molar-refractivity contribution in [3.8, 4) is 5.75 Å². The fraction of sp³-hybridized carbons (Fsp3) is 0.600. The van der Waals surface area contributed by atoms with Gasteiger partial charge in [0.05, 0.1) is 19.1 Å². The number of benzene rings is 1. The molecule has 1 N–H and O–H groups in total. The van der Waals surface area contributed by atoms with Gasteiger partial charge in [0, 0.05) is 38.3 Å². The molecule has 6 heteroatoms. The van der Waals surface area contributed by atoms with Crippen molar-refractivity contribution in [1.82, 2.24) is 10.2 Å². The first-order chi connectivity index (χ1) is 12.7.